The van der Waals surface area contributed by atoms with Crippen molar-refractivity contribution in [2.45, 2.75) is 6.92 Å². The average Bonchev–Trinajstić information content (AvgIpc) is 2.49. The molecule has 2 N–H and O–H groups in total. The first-order valence-corrected chi connectivity index (χ1v) is 6.31. The van der Waals surface area contributed by atoms with Gasteiger partial charge in [0.25, 0.3) is 0 Å². The number of carbonyl (C=O) groups is 2. The molecule has 0 aliphatic heterocycles. The van der Waals surface area contributed by atoms with Crippen molar-refractivity contribution in [2.75, 3.05) is 5.43 Å². The van der Waals surface area contributed by atoms with E-state index in [0.29, 0.717) is 11.6 Å². The summed E-state index contributed by atoms with van der Waals surface area (Å²) >= 11 is 0. The molecule has 0 amide bonds. The number of nitrogens with zero attached hydrogens (tertiary/aromatic N) is 2. The zero-order valence-electron chi connectivity index (χ0n) is 11.7. The minimum absolute atomic E-state index is 0.107. The Hall–Kier alpha value is -3.22. The highest BCUT2D eigenvalue weighted by Crippen LogP contribution is 2.11. The van der Waals surface area contributed by atoms with Gasteiger partial charge in [0.15, 0.2) is 0 Å². The van der Waals surface area contributed by atoms with E-state index in [-0.39, 0.29) is 11.5 Å². The van der Waals surface area contributed by atoms with Gasteiger partial charge in [0.2, 0.25) is 0 Å². The van der Waals surface area contributed by atoms with Crippen LogP contribution in [0.25, 0.3) is 0 Å². The van der Waals surface area contributed by atoms with Gasteiger partial charge in [0, 0.05) is 13.1 Å². The molecule has 0 radical (unpaired) electrons. The first kappa shape index (κ1) is 15.2. The van der Waals surface area contributed by atoms with E-state index in [1.54, 1.807) is 30.5 Å². The molecule has 0 aliphatic carbocycles. The van der Waals surface area contributed by atoms with E-state index < -0.39 is 5.97 Å². The number of rotatable bonds is 5. The Kier molecular flexibility index (Phi) is 4.81. The van der Waals surface area contributed by atoms with Crippen LogP contribution < -0.4 is 10.2 Å². The minimum atomic E-state index is -1.03. The van der Waals surface area contributed by atoms with E-state index >= 15 is 0 Å². The first-order chi connectivity index (χ1) is 10.5. The van der Waals surface area contributed by atoms with Gasteiger partial charge in [-0.05, 0) is 42.0 Å². The van der Waals surface area contributed by atoms with Crippen LogP contribution in [0.5, 0.6) is 5.75 Å². The molecule has 0 aliphatic rings. The lowest BCUT2D eigenvalue weighted by molar-refractivity contribution is -0.131. The zero-order valence-corrected chi connectivity index (χ0v) is 11.7. The minimum Gasteiger partial charge on any atom is -0.478 e. The van der Waals surface area contributed by atoms with Crippen LogP contribution in [-0.4, -0.2) is 28.2 Å². The monoisotopic (exact) mass is 299 g/mol. The molecule has 112 valence electrons. The van der Waals surface area contributed by atoms with Gasteiger partial charge in [-0.15, -0.1) is 0 Å². The fourth-order valence-corrected chi connectivity index (χ4v) is 1.55. The molecule has 0 saturated carbocycles. The van der Waals surface area contributed by atoms with Gasteiger partial charge in [0.05, 0.1) is 11.8 Å². The fraction of sp³-hybridized carbons (Fsp3) is 0.0667. The van der Waals surface area contributed by atoms with Crippen molar-refractivity contribution in [1.29, 1.82) is 0 Å². The summed E-state index contributed by atoms with van der Waals surface area (Å²) in [5.41, 5.74) is 3.59. The molecular weight excluding hydrogens is 286 g/mol. The van der Waals surface area contributed by atoms with Gasteiger partial charge < -0.3 is 9.84 Å². The molecule has 1 heterocycles. The number of carboxylic acid groups (broad SMARTS) is 1. The summed E-state index contributed by atoms with van der Waals surface area (Å²) in [5, 5.41) is 12.7. The maximum atomic E-state index is 10.8. The Labute approximate surface area is 126 Å². The maximum Gasteiger partial charge on any atom is 0.337 e. The van der Waals surface area contributed by atoms with E-state index in [0.717, 1.165) is 5.56 Å². The lowest BCUT2D eigenvalue weighted by Gasteiger charge is -2.01. The Balaban J connectivity index is 1.94. The number of hydrazone groups is 1. The average molecular weight is 299 g/mol. The molecule has 1 aromatic heterocycles. The van der Waals surface area contributed by atoms with Crippen molar-refractivity contribution in [2.24, 2.45) is 5.10 Å². The number of pyridine rings is 1. The number of ether oxygens (including phenoxy) is 1. The van der Waals surface area contributed by atoms with Crippen LogP contribution in [0.2, 0.25) is 0 Å². The predicted octanol–water partition coefficient (Wildman–Crippen LogP) is 2.15. The number of carbonyl (C=O) groups excluding carboxylic acids is 1. The highest BCUT2D eigenvalue weighted by molar-refractivity contribution is 5.87. The summed E-state index contributed by atoms with van der Waals surface area (Å²) in [6, 6.07) is 9.74. The molecule has 1 aromatic carbocycles. The molecule has 7 nitrogen and oxygen atoms in total. The SMILES string of the molecule is CC(=O)Oc1ccc(/C=N/Nc2ccc(C(=O)O)cn2)cc1. The maximum absolute atomic E-state index is 10.8. The van der Waals surface area contributed by atoms with Crippen LogP contribution in [0.1, 0.15) is 22.8 Å². The largest absolute Gasteiger partial charge is 0.478 e. The molecular formula is C15H13N3O4. The highest BCUT2D eigenvalue weighted by Gasteiger charge is 2.02. The third-order valence-corrected chi connectivity index (χ3v) is 2.54. The number of hydrogen-bond acceptors (Lipinski definition) is 6. The van der Waals surface area contributed by atoms with Crippen molar-refractivity contribution < 1.29 is 19.4 Å². The van der Waals surface area contributed by atoms with Crippen LogP contribution in [0, 0.1) is 0 Å². The standard InChI is InChI=1S/C15H13N3O4/c1-10(19)22-13-5-2-11(3-6-13)8-17-18-14-7-4-12(9-16-14)15(20)21/h2-9H,1H3,(H,16,18)(H,20,21)/b17-8+. The Morgan fingerprint density at radius 1 is 1.23 bits per heavy atom. The van der Waals surface area contributed by atoms with E-state index in [2.05, 4.69) is 15.5 Å². The van der Waals surface area contributed by atoms with Crippen molar-refractivity contribution in [3.05, 3.63) is 53.7 Å². The molecule has 0 fully saturated rings. The third-order valence-electron chi connectivity index (χ3n) is 2.54. The van der Waals surface area contributed by atoms with Crippen molar-refractivity contribution in [3.63, 3.8) is 0 Å². The van der Waals surface area contributed by atoms with Crippen LogP contribution >= 0.6 is 0 Å². The number of carboxylic acids is 1. The third kappa shape index (κ3) is 4.41. The number of aromatic carboxylic acids is 1. The summed E-state index contributed by atoms with van der Waals surface area (Å²) in [4.78, 5) is 25.4. The van der Waals surface area contributed by atoms with Crippen molar-refractivity contribution in [3.8, 4) is 5.75 Å². The van der Waals surface area contributed by atoms with Crippen molar-refractivity contribution in [1.82, 2.24) is 4.98 Å². The number of anilines is 1. The Bertz CT molecular complexity index is 694. The van der Waals surface area contributed by atoms with E-state index in [4.69, 9.17) is 9.84 Å². The summed E-state index contributed by atoms with van der Waals surface area (Å²) in [7, 11) is 0. The number of nitrogens with one attached hydrogen (secondary N) is 1. The van der Waals surface area contributed by atoms with Crippen molar-refractivity contribution >= 4 is 24.0 Å². The number of esters is 1. The Morgan fingerprint density at radius 3 is 2.50 bits per heavy atom. The molecule has 2 rings (SSSR count). The summed E-state index contributed by atoms with van der Waals surface area (Å²) < 4.78 is 4.92. The molecule has 0 spiro atoms. The highest BCUT2D eigenvalue weighted by atomic mass is 16.5. The fourth-order valence-electron chi connectivity index (χ4n) is 1.55. The smallest absolute Gasteiger partial charge is 0.337 e. The molecule has 22 heavy (non-hydrogen) atoms. The van der Waals surface area contributed by atoms with Gasteiger partial charge in [-0.25, -0.2) is 9.78 Å². The van der Waals surface area contributed by atoms with Crippen LogP contribution in [0.4, 0.5) is 5.82 Å². The molecule has 0 saturated heterocycles. The number of benzene rings is 1. The summed E-state index contributed by atoms with van der Waals surface area (Å²) in [6.45, 7) is 1.34. The number of hydrogen-bond donors (Lipinski definition) is 2. The summed E-state index contributed by atoms with van der Waals surface area (Å²) in [6.07, 6.45) is 2.80. The quantitative estimate of drug-likeness (QED) is 0.380. The lowest BCUT2D eigenvalue weighted by Crippen LogP contribution is -2.01. The van der Waals surface area contributed by atoms with Gasteiger partial charge in [-0.2, -0.15) is 5.10 Å². The van der Waals surface area contributed by atoms with Gasteiger partial charge in [-0.1, -0.05) is 0 Å². The molecule has 0 unspecified atom stereocenters. The summed E-state index contributed by atoms with van der Waals surface area (Å²) in [5.74, 6) is -0.518. The van der Waals surface area contributed by atoms with E-state index in [1.165, 1.54) is 25.3 Å². The van der Waals surface area contributed by atoms with Crippen LogP contribution in [0.15, 0.2) is 47.7 Å². The Morgan fingerprint density at radius 2 is 1.95 bits per heavy atom. The zero-order chi connectivity index (χ0) is 15.9. The predicted molar refractivity (Wildman–Crippen MR) is 80.2 cm³/mol. The second kappa shape index (κ2) is 6.98. The topological polar surface area (TPSA) is 101 Å². The molecule has 7 heteroatoms. The molecule has 2 aromatic rings. The normalized spacial score (nSPS) is 10.4. The van der Waals surface area contributed by atoms with Gasteiger partial charge in [-0.3, -0.25) is 10.2 Å². The van der Waals surface area contributed by atoms with Gasteiger partial charge in [0.1, 0.15) is 11.6 Å². The second-order valence-corrected chi connectivity index (χ2v) is 4.27. The second-order valence-electron chi connectivity index (χ2n) is 4.27. The molecule has 0 bridgehead atoms. The van der Waals surface area contributed by atoms with Crippen LogP contribution in [0.3, 0.4) is 0 Å². The first-order valence-electron chi connectivity index (χ1n) is 6.31. The van der Waals surface area contributed by atoms with E-state index in [1.807, 2.05) is 0 Å². The van der Waals surface area contributed by atoms with Gasteiger partial charge >= 0.3 is 11.9 Å². The lowest BCUT2D eigenvalue weighted by atomic mass is 10.2. The van der Waals surface area contributed by atoms with Crippen LogP contribution in [-0.2, 0) is 4.79 Å². The number of aromatic nitrogens is 1. The molecule has 0 atom stereocenters. The van der Waals surface area contributed by atoms with E-state index in [9.17, 15) is 9.59 Å².